The molecule has 0 aromatic heterocycles. The zero-order valence-corrected chi connectivity index (χ0v) is 22.3. The Hall–Kier alpha value is -5.85. The number of benzene rings is 3. The summed E-state index contributed by atoms with van der Waals surface area (Å²) in [6.07, 6.45) is -10.2. The van der Waals surface area contributed by atoms with Gasteiger partial charge in [-0.25, -0.2) is 14.4 Å². The predicted molar refractivity (Wildman–Crippen MR) is 140 cm³/mol. The van der Waals surface area contributed by atoms with Crippen LogP contribution in [0.25, 0.3) is 0 Å². The second-order valence-corrected chi connectivity index (χ2v) is 9.45. The number of esters is 3. The number of hydrogen-bond acceptors (Lipinski definition) is 18. The molecule has 0 amide bonds. The number of hydrogen-bond donors (Lipinski definition) is 11. The molecule has 11 N–H and O–H groups in total. The summed E-state index contributed by atoms with van der Waals surface area (Å²) in [6.45, 7) is -1.03. The summed E-state index contributed by atoms with van der Waals surface area (Å²) >= 11 is 0. The molecule has 18 nitrogen and oxygen atoms in total. The monoisotopic (exact) mass is 636 g/mol. The molecular weight excluding hydrogens is 612 g/mol. The zero-order chi connectivity index (χ0) is 33.3. The molecule has 18 heteroatoms. The Labute approximate surface area is 249 Å². The molecule has 1 saturated heterocycles. The summed E-state index contributed by atoms with van der Waals surface area (Å²) in [6, 6.07) is 3.98. The van der Waals surface area contributed by atoms with Crippen LogP contribution >= 0.6 is 0 Å². The highest BCUT2D eigenvalue weighted by atomic mass is 16.7. The lowest BCUT2D eigenvalue weighted by atomic mass is 9.97. The lowest BCUT2D eigenvalue weighted by Gasteiger charge is -2.42. The molecule has 0 unspecified atom stereocenters. The fraction of sp³-hybridized carbons (Fsp3) is 0.222. The standard InChI is InChI=1S/C27H24O18/c28-7-17-21(43-24(38)8-1-11(29)18(35)12(30)2-8)22(44-25(39)9-3-13(31)19(36)14(32)4-9)23(27(41)42-17)45-26(40)10-5-15(33)20(37)16(34)6-10/h1-6,17,21-23,27-37,41H,7H2/t17-,21-,22+,23-,27-/m1/s1. The summed E-state index contributed by atoms with van der Waals surface area (Å²) in [5.41, 5.74) is -1.82. The first kappa shape index (κ1) is 32.1. The van der Waals surface area contributed by atoms with Gasteiger partial charge in [-0.05, 0) is 36.4 Å². The summed E-state index contributed by atoms with van der Waals surface area (Å²) in [7, 11) is 0. The van der Waals surface area contributed by atoms with Crippen LogP contribution in [0.5, 0.6) is 51.7 Å². The molecule has 0 radical (unpaired) electrons. The minimum absolute atomic E-state index is 0.590. The highest BCUT2D eigenvalue weighted by Crippen LogP contribution is 2.39. The summed E-state index contributed by atoms with van der Waals surface area (Å²) in [5, 5.41) is 108. The number of rotatable bonds is 7. The summed E-state index contributed by atoms with van der Waals surface area (Å²) in [4.78, 5) is 39.1. The molecule has 4 rings (SSSR count). The van der Waals surface area contributed by atoms with Crippen LogP contribution in [0, 0.1) is 0 Å². The maximum Gasteiger partial charge on any atom is 0.339 e. The molecule has 0 spiro atoms. The van der Waals surface area contributed by atoms with Gasteiger partial charge < -0.3 is 75.1 Å². The molecule has 45 heavy (non-hydrogen) atoms. The molecule has 1 heterocycles. The van der Waals surface area contributed by atoms with Crippen molar-refractivity contribution in [3.8, 4) is 51.7 Å². The van der Waals surface area contributed by atoms with E-state index < -0.39 is 124 Å². The molecule has 5 atom stereocenters. The fourth-order valence-electron chi connectivity index (χ4n) is 4.19. The van der Waals surface area contributed by atoms with Crippen molar-refractivity contribution in [1.82, 2.24) is 0 Å². The van der Waals surface area contributed by atoms with E-state index in [4.69, 9.17) is 18.9 Å². The average molecular weight is 636 g/mol. The number of aromatic hydroxyl groups is 9. The first-order chi connectivity index (χ1) is 21.1. The largest absolute Gasteiger partial charge is 0.504 e. The van der Waals surface area contributed by atoms with Crippen molar-refractivity contribution < 1.29 is 89.5 Å². The van der Waals surface area contributed by atoms with Crippen molar-refractivity contribution in [3.63, 3.8) is 0 Å². The van der Waals surface area contributed by atoms with Crippen molar-refractivity contribution in [2.75, 3.05) is 6.61 Å². The SMILES string of the molecule is O=C(O[C@@H]1[C@@H](OC(=O)c2cc(O)c(O)c(O)c2)[C@H](O)O[C@H](CO)[C@H]1OC(=O)c1cc(O)c(O)c(O)c1)c1cc(O)c(O)c(O)c1. The van der Waals surface area contributed by atoms with Gasteiger partial charge in [0, 0.05) is 0 Å². The van der Waals surface area contributed by atoms with Gasteiger partial charge in [0.1, 0.15) is 6.10 Å². The lowest BCUT2D eigenvalue weighted by Crippen LogP contribution is -2.62. The van der Waals surface area contributed by atoms with Crippen molar-refractivity contribution in [1.29, 1.82) is 0 Å². The van der Waals surface area contributed by atoms with Crippen LogP contribution in [0.1, 0.15) is 31.1 Å². The van der Waals surface area contributed by atoms with Crippen LogP contribution < -0.4 is 0 Å². The normalized spacial score (nSPS) is 21.1. The van der Waals surface area contributed by atoms with Gasteiger partial charge in [0.05, 0.1) is 23.3 Å². The maximum atomic E-state index is 13.1. The Morgan fingerprint density at radius 1 is 0.533 bits per heavy atom. The number of carbonyl (C=O) groups is 3. The van der Waals surface area contributed by atoms with E-state index in [0.717, 1.165) is 0 Å². The predicted octanol–water partition coefficient (Wildman–Crippen LogP) is -0.277. The number of aliphatic hydroxyl groups excluding tert-OH is 2. The van der Waals surface area contributed by atoms with Gasteiger partial charge in [0.15, 0.2) is 76.3 Å². The third-order valence-electron chi connectivity index (χ3n) is 6.43. The molecule has 0 aliphatic carbocycles. The van der Waals surface area contributed by atoms with Crippen molar-refractivity contribution in [3.05, 3.63) is 53.1 Å². The van der Waals surface area contributed by atoms with Crippen LogP contribution in [0.3, 0.4) is 0 Å². The Balaban J connectivity index is 1.75. The van der Waals surface area contributed by atoms with Gasteiger partial charge in [0.2, 0.25) is 0 Å². The minimum Gasteiger partial charge on any atom is -0.504 e. The third-order valence-corrected chi connectivity index (χ3v) is 6.43. The molecule has 3 aromatic rings. The molecule has 1 aliphatic rings. The maximum absolute atomic E-state index is 13.1. The van der Waals surface area contributed by atoms with E-state index >= 15 is 0 Å². The van der Waals surface area contributed by atoms with Gasteiger partial charge in [-0.3, -0.25) is 0 Å². The average Bonchev–Trinajstić information content (AvgIpc) is 2.99. The van der Waals surface area contributed by atoms with Crippen LogP contribution in [0.4, 0.5) is 0 Å². The molecule has 0 saturated carbocycles. The second kappa shape index (κ2) is 12.4. The first-order valence-electron chi connectivity index (χ1n) is 12.4. The Bertz CT molecular complexity index is 1580. The second-order valence-electron chi connectivity index (χ2n) is 9.45. The van der Waals surface area contributed by atoms with E-state index in [9.17, 15) is 70.6 Å². The Morgan fingerprint density at radius 3 is 1.13 bits per heavy atom. The topological polar surface area (TPSA) is 311 Å². The quantitative estimate of drug-likeness (QED) is 0.0902. The van der Waals surface area contributed by atoms with E-state index in [1.807, 2.05) is 0 Å². The van der Waals surface area contributed by atoms with Crippen LogP contribution in [-0.4, -0.2) is 111 Å². The smallest absolute Gasteiger partial charge is 0.339 e. The van der Waals surface area contributed by atoms with Gasteiger partial charge in [-0.2, -0.15) is 0 Å². The number of carbonyl (C=O) groups excluding carboxylic acids is 3. The van der Waals surface area contributed by atoms with Gasteiger partial charge in [-0.1, -0.05) is 0 Å². The van der Waals surface area contributed by atoms with E-state index in [1.54, 1.807) is 0 Å². The van der Waals surface area contributed by atoms with E-state index in [0.29, 0.717) is 36.4 Å². The van der Waals surface area contributed by atoms with Crippen LogP contribution in [-0.2, 0) is 18.9 Å². The highest BCUT2D eigenvalue weighted by molar-refractivity contribution is 5.93. The van der Waals surface area contributed by atoms with Gasteiger partial charge in [-0.15, -0.1) is 0 Å². The molecule has 3 aromatic carbocycles. The van der Waals surface area contributed by atoms with Gasteiger partial charge >= 0.3 is 17.9 Å². The summed E-state index contributed by atoms with van der Waals surface area (Å²) < 4.78 is 21.1. The summed E-state index contributed by atoms with van der Waals surface area (Å²) in [5.74, 6) is -13.0. The van der Waals surface area contributed by atoms with Crippen molar-refractivity contribution in [2.45, 2.75) is 30.7 Å². The molecule has 1 aliphatic heterocycles. The third kappa shape index (κ3) is 6.42. The van der Waals surface area contributed by atoms with Crippen LogP contribution in [0.2, 0.25) is 0 Å². The fourth-order valence-corrected chi connectivity index (χ4v) is 4.19. The van der Waals surface area contributed by atoms with Crippen LogP contribution in [0.15, 0.2) is 36.4 Å². The molecule has 0 bridgehead atoms. The first-order valence-corrected chi connectivity index (χ1v) is 12.4. The van der Waals surface area contributed by atoms with E-state index in [-0.39, 0.29) is 0 Å². The minimum atomic E-state index is -2.23. The van der Waals surface area contributed by atoms with E-state index in [1.165, 1.54) is 0 Å². The number of phenols is 9. The number of ether oxygens (including phenoxy) is 4. The number of aliphatic hydroxyl groups is 2. The molecule has 1 fully saturated rings. The van der Waals surface area contributed by atoms with Crippen molar-refractivity contribution in [2.24, 2.45) is 0 Å². The van der Waals surface area contributed by atoms with Crippen molar-refractivity contribution >= 4 is 17.9 Å². The number of phenolic OH excluding ortho intramolecular Hbond substituents is 9. The molecular formula is C27H24O18. The Kier molecular flexibility index (Phi) is 8.84. The highest BCUT2D eigenvalue weighted by Gasteiger charge is 2.52. The van der Waals surface area contributed by atoms with Gasteiger partial charge in [0.25, 0.3) is 0 Å². The Morgan fingerprint density at radius 2 is 0.822 bits per heavy atom. The molecule has 240 valence electrons. The zero-order valence-electron chi connectivity index (χ0n) is 22.3. The van der Waals surface area contributed by atoms with E-state index in [2.05, 4.69) is 0 Å². The lowest BCUT2D eigenvalue weighted by molar-refractivity contribution is -0.284.